The first-order chi connectivity index (χ1) is 9.68. The second kappa shape index (κ2) is 7.01. The van der Waals surface area contributed by atoms with Crippen LogP contribution in [-0.4, -0.2) is 6.21 Å². The number of halogens is 3. The van der Waals surface area contributed by atoms with E-state index in [0.29, 0.717) is 16.1 Å². The van der Waals surface area contributed by atoms with Crippen molar-refractivity contribution in [3.05, 3.63) is 70.2 Å². The Morgan fingerprint density at radius 1 is 1.10 bits per heavy atom. The van der Waals surface area contributed by atoms with Crippen molar-refractivity contribution in [2.24, 2.45) is 5.16 Å². The standard InChI is InChI=1S/C15H11ClF2NO/c16-14-8-4-2-5-11(14)9-19-20-10-12-6-1-3-7-13(12)15(17)18/h1-8,15H,10H2. The molecule has 5 heteroatoms. The van der Waals surface area contributed by atoms with Gasteiger partial charge in [0.05, 0.1) is 5.02 Å². The molecular formula is C15H11ClF2NO. The van der Waals surface area contributed by atoms with Crippen molar-refractivity contribution in [2.75, 3.05) is 0 Å². The van der Waals surface area contributed by atoms with E-state index in [9.17, 15) is 8.78 Å². The Labute approximate surface area is 120 Å². The van der Waals surface area contributed by atoms with E-state index in [0.717, 1.165) is 0 Å². The van der Waals surface area contributed by atoms with Gasteiger partial charge in [-0.2, -0.15) is 0 Å². The third-order valence-electron chi connectivity index (χ3n) is 2.61. The van der Waals surface area contributed by atoms with Crippen LogP contribution in [0.5, 0.6) is 0 Å². The minimum atomic E-state index is -2.54. The Bertz CT molecular complexity index is 602. The topological polar surface area (TPSA) is 21.6 Å². The molecule has 2 nitrogen and oxygen atoms in total. The van der Waals surface area contributed by atoms with Crippen LogP contribution in [0.1, 0.15) is 23.1 Å². The van der Waals surface area contributed by atoms with Crippen molar-refractivity contribution in [3.63, 3.8) is 0 Å². The monoisotopic (exact) mass is 294 g/mol. The molecule has 0 N–H and O–H groups in total. The maximum atomic E-state index is 12.7. The van der Waals surface area contributed by atoms with Crippen LogP contribution < -0.4 is 0 Å². The van der Waals surface area contributed by atoms with Crippen molar-refractivity contribution in [3.8, 4) is 0 Å². The largest absolute Gasteiger partial charge is 0.390 e. The third-order valence-corrected chi connectivity index (χ3v) is 2.94. The Kier molecular flexibility index (Phi) is 5.07. The molecule has 0 aliphatic heterocycles. The summed E-state index contributed by atoms with van der Waals surface area (Å²) in [5.74, 6) is 0. The third kappa shape index (κ3) is 3.78. The van der Waals surface area contributed by atoms with Crippen molar-refractivity contribution < 1.29 is 13.6 Å². The predicted molar refractivity (Wildman–Crippen MR) is 74.2 cm³/mol. The van der Waals surface area contributed by atoms with Crippen LogP contribution in [-0.2, 0) is 11.4 Å². The second-order valence-corrected chi connectivity index (χ2v) is 4.36. The fraction of sp³-hybridized carbons (Fsp3) is 0.133. The van der Waals surface area contributed by atoms with Gasteiger partial charge < -0.3 is 4.84 Å². The van der Waals surface area contributed by atoms with Crippen LogP contribution in [0.3, 0.4) is 0 Å². The molecule has 0 amide bonds. The van der Waals surface area contributed by atoms with Gasteiger partial charge in [0.2, 0.25) is 0 Å². The SMILES string of the molecule is FC(F)c1ccccc1CO/N=[C]\c1ccccc1Cl. The van der Waals surface area contributed by atoms with E-state index in [4.69, 9.17) is 16.4 Å². The normalized spacial score (nSPS) is 11.2. The first-order valence-electron chi connectivity index (χ1n) is 5.87. The molecule has 2 rings (SSSR count). The summed E-state index contributed by atoms with van der Waals surface area (Å²) >= 11 is 5.91. The van der Waals surface area contributed by atoms with E-state index < -0.39 is 6.43 Å². The summed E-state index contributed by atoms with van der Waals surface area (Å²) in [6.45, 7) is -0.0437. The molecule has 1 radical (unpaired) electrons. The number of alkyl halides is 2. The number of benzene rings is 2. The maximum absolute atomic E-state index is 12.7. The minimum Gasteiger partial charge on any atom is -0.390 e. The van der Waals surface area contributed by atoms with Crippen molar-refractivity contribution >= 4 is 17.8 Å². The molecule has 0 aliphatic carbocycles. The molecule has 0 saturated heterocycles. The molecular weight excluding hydrogens is 284 g/mol. The number of nitrogens with zero attached hydrogens (tertiary/aromatic N) is 1. The van der Waals surface area contributed by atoms with Crippen LogP contribution >= 0.6 is 11.6 Å². The van der Waals surface area contributed by atoms with Gasteiger partial charge in [0.1, 0.15) is 12.8 Å². The van der Waals surface area contributed by atoms with E-state index in [-0.39, 0.29) is 12.2 Å². The van der Waals surface area contributed by atoms with Crippen molar-refractivity contribution in [2.45, 2.75) is 13.0 Å². The van der Waals surface area contributed by atoms with E-state index in [1.165, 1.54) is 6.07 Å². The van der Waals surface area contributed by atoms with Gasteiger partial charge in [-0.3, -0.25) is 0 Å². The molecule has 0 unspecified atom stereocenters. The van der Waals surface area contributed by atoms with Crippen LogP contribution in [0, 0.1) is 0 Å². The Hall–Kier alpha value is -1.94. The van der Waals surface area contributed by atoms with Gasteiger partial charge in [-0.15, -0.1) is 0 Å². The molecule has 0 atom stereocenters. The summed E-state index contributed by atoms with van der Waals surface area (Å²) in [6, 6.07) is 13.2. The van der Waals surface area contributed by atoms with Crippen LogP contribution in [0.25, 0.3) is 0 Å². The zero-order chi connectivity index (χ0) is 14.4. The van der Waals surface area contributed by atoms with Crippen LogP contribution in [0.4, 0.5) is 8.78 Å². The van der Waals surface area contributed by atoms with Gasteiger partial charge in [0.25, 0.3) is 6.43 Å². The molecule has 2 aromatic carbocycles. The lowest BCUT2D eigenvalue weighted by molar-refractivity contribution is 0.120. The summed E-state index contributed by atoms with van der Waals surface area (Å²) in [5.41, 5.74) is 0.920. The Morgan fingerprint density at radius 2 is 1.80 bits per heavy atom. The smallest absolute Gasteiger partial charge is 0.264 e. The van der Waals surface area contributed by atoms with E-state index >= 15 is 0 Å². The number of hydrogen-bond acceptors (Lipinski definition) is 2. The van der Waals surface area contributed by atoms with Crippen molar-refractivity contribution in [1.29, 1.82) is 0 Å². The molecule has 0 aliphatic rings. The minimum absolute atomic E-state index is 0.0437. The summed E-state index contributed by atoms with van der Waals surface area (Å²) < 4.78 is 25.5. The maximum Gasteiger partial charge on any atom is 0.264 e. The summed E-state index contributed by atoms with van der Waals surface area (Å²) in [4.78, 5) is 4.99. The first-order valence-corrected chi connectivity index (χ1v) is 6.25. The van der Waals surface area contributed by atoms with Gasteiger partial charge in [-0.05, 0) is 6.07 Å². The molecule has 0 bridgehead atoms. The molecule has 0 fully saturated rings. The summed E-state index contributed by atoms with van der Waals surface area (Å²) in [6.07, 6.45) is 0.0794. The zero-order valence-corrected chi connectivity index (χ0v) is 11.1. The zero-order valence-electron chi connectivity index (χ0n) is 10.4. The summed E-state index contributed by atoms with van der Waals surface area (Å²) in [5, 5.41) is 4.11. The Morgan fingerprint density at radius 3 is 2.55 bits per heavy atom. The quantitative estimate of drug-likeness (QED) is 0.578. The molecule has 0 heterocycles. The van der Waals surface area contributed by atoms with E-state index in [1.54, 1.807) is 42.5 Å². The first kappa shape index (κ1) is 14.5. The average Bonchev–Trinajstić information content (AvgIpc) is 2.45. The lowest BCUT2D eigenvalue weighted by atomic mass is 10.1. The second-order valence-electron chi connectivity index (χ2n) is 3.96. The fourth-order valence-corrected chi connectivity index (χ4v) is 1.79. The lowest BCUT2D eigenvalue weighted by Crippen LogP contribution is -1.96. The Balaban J connectivity index is 1.98. The molecule has 0 spiro atoms. The van der Waals surface area contributed by atoms with Crippen LogP contribution in [0.15, 0.2) is 53.7 Å². The van der Waals surface area contributed by atoms with Crippen molar-refractivity contribution in [1.82, 2.24) is 0 Å². The number of rotatable bonds is 5. The highest BCUT2D eigenvalue weighted by Gasteiger charge is 2.11. The molecule has 20 heavy (non-hydrogen) atoms. The molecule has 2 aromatic rings. The molecule has 0 saturated carbocycles. The number of hydrogen-bond donors (Lipinski definition) is 0. The van der Waals surface area contributed by atoms with Gasteiger partial charge in [-0.25, -0.2) is 8.78 Å². The lowest BCUT2D eigenvalue weighted by Gasteiger charge is -2.06. The highest BCUT2D eigenvalue weighted by Crippen LogP contribution is 2.23. The fourth-order valence-electron chi connectivity index (χ4n) is 1.61. The van der Waals surface area contributed by atoms with Gasteiger partial charge in [0.15, 0.2) is 0 Å². The van der Waals surface area contributed by atoms with Gasteiger partial charge in [0, 0.05) is 16.7 Å². The summed E-state index contributed by atoms with van der Waals surface area (Å²) in [7, 11) is 0. The molecule has 0 aromatic heterocycles. The highest BCUT2D eigenvalue weighted by molar-refractivity contribution is 6.33. The van der Waals surface area contributed by atoms with Gasteiger partial charge >= 0.3 is 0 Å². The average molecular weight is 295 g/mol. The van der Waals surface area contributed by atoms with E-state index in [1.807, 2.05) is 0 Å². The van der Waals surface area contributed by atoms with E-state index in [2.05, 4.69) is 11.4 Å². The predicted octanol–water partition coefficient (Wildman–Crippen LogP) is 4.71. The molecule has 103 valence electrons. The highest BCUT2D eigenvalue weighted by atomic mass is 35.5. The van der Waals surface area contributed by atoms with Gasteiger partial charge in [-0.1, -0.05) is 59.2 Å². The van der Waals surface area contributed by atoms with Crippen LogP contribution in [0.2, 0.25) is 5.02 Å².